The average molecular weight is 345 g/mol. The van der Waals surface area contributed by atoms with Crippen LogP contribution in [0.25, 0.3) is 0 Å². The van der Waals surface area contributed by atoms with Crippen LogP contribution in [-0.2, 0) is 9.59 Å². The molecule has 1 unspecified atom stereocenters. The van der Waals surface area contributed by atoms with Crippen LogP contribution in [0.2, 0.25) is 0 Å². The number of pyridine rings is 1. The van der Waals surface area contributed by atoms with Gasteiger partial charge in [0.2, 0.25) is 0 Å². The molecule has 25 heavy (non-hydrogen) atoms. The number of ketones is 1. The quantitative estimate of drug-likeness (QED) is 0.783. The summed E-state index contributed by atoms with van der Waals surface area (Å²) in [5.74, 6) is -0.908. The normalized spacial score (nSPS) is 17.9. The number of hydrogen-bond acceptors (Lipinski definition) is 5. The van der Waals surface area contributed by atoms with Crippen LogP contribution >= 0.6 is 0 Å². The number of aliphatic hydroxyl groups excluding tert-OH is 1. The van der Waals surface area contributed by atoms with Crippen molar-refractivity contribution in [1.29, 1.82) is 0 Å². The van der Waals surface area contributed by atoms with Crippen LogP contribution in [0, 0.1) is 5.92 Å². The summed E-state index contributed by atoms with van der Waals surface area (Å²) in [5, 5.41) is 10.4. The predicted octanol–water partition coefficient (Wildman–Crippen LogP) is 2.34. The summed E-state index contributed by atoms with van der Waals surface area (Å²) in [7, 11) is 3.94. The van der Waals surface area contributed by atoms with E-state index in [2.05, 4.69) is 4.98 Å². The van der Waals surface area contributed by atoms with Crippen LogP contribution in [0.3, 0.4) is 0 Å². The third kappa shape index (κ3) is 4.45. The molecule has 0 saturated carbocycles. The van der Waals surface area contributed by atoms with Crippen molar-refractivity contribution < 1.29 is 14.7 Å². The summed E-state index contributed by atoms with van der Waals surface area (Å²) in [4.78, 5) is 33.0. The molecule has 1 aliphatic rings. The van der Waals surface area contributed by atoms with Crippen molar-refractivity contribution in [2.75, 3.05) is 27.2 Å². The highest BCUT2D eigenvalue weighted by Crippen LogP contribution is 2.38. The zero-order chi connectivity index (χ0) is 18.6. The van der Waals surface area contributed by atoms with Crippen molar-refractivity contribution in [3.8, 4) is 0 Å². The van der Waals surface area contributed by atoms with Gasteiger partial charge in [-0.25, -0.2) is 0 Å². The van der Waals surface area contributed by atoms with Crippen molar-refractivity contribution in [3.63, 3.8) is 0 Å². The van der Waals surface area contributed by atoms with Gasteiger partial charge in [-0.3, -0.25) is 14.6 Å². The van der Waals surface area contributed by atoms with E-state index >= 15 is 0 Å². The minimum Gasteiger partial charge on any atom is -0.503 e. The van der Waals surface area contributed by atoms with Crippen LogP contribution in [0.4, 0.5) is 0 Å². The Morgan fingerprint density at radius 1 is 1.40 bits per heavy atom. The molecule has 1 aliphatic heterocycles. The van der Waals surface area contributed by atoms with Crippen LogP contribution in [-0.4, -0.2) is 58.8 Å². The van der Waals surface area contributed by atoms with Gasteiger partial charge in [-0.05, 0) is 44.6 Å². The fourth-order valence-corrected chi connectivity index (χ4v) is 3.09. The first-order chi connectivity index (χ1) is 11.8. The molecule has 136 valence electrons. The lowest BCUT2D eigenvalue weighted by atomic mass is 9.93. The summed E-state index contributed by atoms with van der Waals surface area (Å²) in [6.07, 6.45) is 4.36. The Labute approximate surface area is 149 Å². The molecule has 1 aromatic rings. The lowest BCUT2D eigenvalue weighted by Gasteiger charge is -2.27. The number of nitrogens with zero attached hydrogens (tertiary/aromatic N) is 3. The molecule has 0 saturated heterocycles. The van der Waals surface area contributed by atoms with Gasteiger partial charge >= 0.3 is 0 Å². The summed E-state index contributed by atoms with van der Waals surface area (Å²) >= 11 is 0. The Balaban J connectivity index is 2.35. The van der Waals surface area contributed by atoms with Crippen LogP contribution in [0.5, 0.6) is 0 Å². The first-order valence-electron chi connectivity index (χ1n) is 8.64. The second-order valence-electron chi connectivity index (χ2n) is 7.13. The molecule has 2 heterocycles. The minimum atomic E-state index is -0.561. The lowest BCUT2D eigenvalue weighted by molar-refractivity contribution is -0.129. The largest absolute Gasteiger partial charge is 0.503 e. The van der Waals surface area contributed by atoms with Gasteiger partial charge in [0.1, 0.15) is 0 Å². The number of aromatic nitrogens is 1. The van der Waals surface area contributed by atoms with Gasteiger partial charge in [-0.15, -0.1) is 0 Å². The summed E-state index contributed by atoms with van der Waals surface area (Å²) in [6.45, 7) is 5.18. The van der Waals surface area contributed by atoms with Gasteiger partial charge in [-0.2, -0.15) is 0 Å². The first-order valence-corrected chi connectivity index (χ1v) is 8.64. The third-order valence-electron chi connectivity index (χ3n) is 4.20. The fourth-order valence-electron chi connectivity index (χ4n) is 3.09. The molecule has 0 spiro atoms. The Morgan fingerprint density at radius 3 is 2.68 bits per heavy atom. The SMILES string of the molecule is CC(C)CC(=O)C1=C(O)C(=O)N(CCCN(C)C)C1c1cccnc1. The molecule has 1 aromatic heterocycles. The number of hydrogen-bond donors (Lipinski definition) is 1. The van der Waals surface area contributed by atoms with Crippen molar-refractivity contribution in [1.82, 2.24) is 14.8 Å². The van der Waals surface area contributed by atoms with Crippen LogP contribution in [0.1, 0.15) is 38.3 Å². The second-order valence-corrected chi connectivity index (χ2v) is 7.13. The zero-order valence-corrected chi connectivity index (χ0v) is 15.4. The van der Waals surface area contributed by atoms with Gasteiger partial charge in [-0.1, -0.05) is 19.9 Å². The first kappa shape index (κ1) is 19.1. The predicted molar refractivity (Wildman–Crippen MR) is 96.0 cm³/mol. The molecule has 1 amide bonds. The standard InChI is InChI=1S/C19H27N3O3/c1-13(2)11-15(23)16-17(14-7-5-8-20-12-14)22(19(25)18(16)24)10-6-9-21(3)4/h5,7-8,12-13,17,24H,6,9-11H2,1-4H3. The van der Waals surface area contributed by atoms with E-state index in [1.165, 1.54) is 0 Å². The number of amides is 1. The lowest BCUT2D eigenvalue weighted by Crippen LogP contribution is -2.33. The Kier molecular flexibility index (Phi) is 6.31. The number of carbonyl (C=O) groups is 2. The molecule has 0 fully saturated rings. The number of Topliss-reactive ketones (excluding diaryl/α,β-unsaturated/α-hetero) is 1. The molecule has 2 rings (SSSR count). The molecule has 1 N–H and O–H groups in total. The van der Waals surface area contributed by atoms with Gasteiger partial charge < -0.3 is 14.9 Å². The number of rotatable bonds is 8. The summed E-state index contributed by atoms with van der Waals surface area (Å²) in [5.41, 5.74) is 0.952. The van der Waals surface area contributed by atoms with Crippen molar-refractivity contribution in [3.05, 3.63) is 41.4 Å². The number of aliphatic hydroxyl groups is 1. The van der Waals surface area contributed by atoms with Crippen molar-refractivity contribution in [2.45, 2.75) is 32.7 Å². The van der Waals surface area contributed by atoms with Gasteiger partial charge in [0, 0.05) is 25.4 Å². The summed E-state index contributed by atoms with van der Waals surface area (Å²) in [6, 6.07) is 3.05. The minimum absolute atomic E-state index is 0.153. The maximum atomic E-state index is 12.7. The van der Waals surface area contributed by atoms with Crippen molar-refractivity contribution >= 4 is 11.7 Å². The third-order valence-corrected chi connectivity index (χ3v) is 4.20. The van der Waals surface area contributed by atoms with E-state index in [0.717, 1.165) is 18.5 Å². The van der Waals surface area contributed by atoms with Crippen molar-refractivity contribution in [2.24, 2.45) is 5.92 Å². The molecule has 6 nitrogen and oxygen atoms in total. The fraction of sp³-hybridized carbons (Fsp3) is 0.526. The highest BCUT2D eigenvalue weighted by Gasteiger charge is 2.43. The Morgan fingerprint density at radius 2 is 2.12 bits per heavy atom. The maximum Gasteiger partial charge on any atom is 0.290 e. The second kappa shape index (κ2) is 8.25. The molecular weight excluding hydrogens is 318 g/mol. The van der Waals surface area contributed by atoms with E-state index in [1.807, 2.05) is 38.9 Å². The smallest absolute Gasteiger partial charge is 0.290 e. The molecule has 0 bridgehead atoms. The van der Waals surface area contributed by atoms with Gasteiger partial charge in [0.15, 0.2) is 11.5 Å². The Hall–Kier alpha value is -2.21. The molecule has 0 aromatic carbocycles. The average Bonchev–Trinajstić information content (AvgIpc) is 2.79. The van der Waals surface area contributed by atoms with Crippen LogP contribution < -0.4 is 0 Å². The molecule has 6 heteroatoms. The molecule has 1 atom stereocenters. The Bertz CT molecular complexity index is 653. The maximum absolute atomic E-state index is 12.7. The molecular formula is C19H27N3O3. The number of carbonyl (C=O) groups excluding carboxylic acids is 2. The van der Waals surface area contributed by atoms with E-state index in [0.29, 0.717) is 13.0 Å². The van der Waals surface area contributed by atoms with Gasteiger partial charge in [0.05, 0.1) is 11.6 Å². The molecule has 0 radical (unpaired) electrons. The van der Waals surface area contributed by atoms with E-state index in [1.54, 1.807) is 23.4 Å². The van der Waals surface area contributed by atoms with Crippen LogP contribution in [0.15, 0.2) is 35.9 Å². The van der Waals surface area contributed by atoms with E-state index in [-0.39, 0.29) is 17.3 Å². The van der Waals surface area contributed by atoms with E-state index in [9.17, 15) is 14.7 Å². The topological polar surface area (TPSA) is 73.7 Å². The highest BCUT2D eigenvalue weighted by atomic mass is 16.3. The van der Waals surface area contributed by atoms with E-state index < -0.39 is 17.7 Å². The zero-order valence-electron chi connectivity index (χ0n) is 15.4. The van der Waals surface area contributed by atoms with E-state index in [4.69, 9.17) is 0 Å². The summed E-state index contributed by atoms with van der Waals surface area (Å²) < 4.78 is 0. The monoisotopic (exact) mass is 345 g/mol. The molecule has 0 aliphatic carbocycles. The van der Waals surface area contributed by atoms with Gasteiger partial charge in [0.25, 0.3) is 5.91 Å². The highest BCUT2D eigenvalue weighted by molar-refractivity contribution is 6.08.